The molecule has 4 heteroatoms. The molecule has 0 radical (unpaired) electrons. The molecule has 0 aromatic heterocycles. The molecule has 0 unspecified atom stereocenters. The van der Waals surface area contributed by atoms with Crippen LogP contribution in [0, 0.1) is 0 Å². The van der Waals surface area contributed by atoms with E-state index in [1.165, 1.54) is 0 Å². The van der Waals surface area contributed by atoms with Gasteiger partial charge in [-0.25, -0.2) is 0 Å². The number of halogens is 1. The zero-order valence-corrected chi connectivity index (χ0v) is 10.1. The lowest BCUT2D eigenvalue weighted by molar-refractivity contribution is -0.118. The second kappa shape index (κ2) is 4.45. The number of fused-ring (bicyclic) bond motifs is 1. The normalized spacial score (nSPS) is 16.1. The molecule has 1 heterocycles. The Hall–Kier alpha value is -0.670. The minimum atomic E-state index is 0.186. The van der Waals surface area contributed by atoms with Crippen molar-refractivity contribution < 1.29 is 4.79 Å². The number of carbonyl (C=O) groups excluding carboxylic acids is 1. The first kappa shape index (κ1) is 10.8. The lowest BCUT2D eigenvalue weighted by atomic mass is 10.2. The zero-order chi connectivity index (χ0) is 10.8. The lowest BCUT2D eigenvalue weighted by Gasteiger charge is -2.20. The number of hydrogen-bond donors (Lipinski definition) is 0. The van der Waals surface area contributed by atoms with E-state index in [0.29, 0.717) is 18.0 Å². The van der Waals surface area contributed by atoms with Gasteiger partial charge < -0.3 is 4.90 Å². The minimum Gasteiger partial charge on any atom is -0.311 e. The van der Waals surface area contributed by atoms with Crippen molar-refractivity contribution in [3.63, 3.8) is 0 Å². The van der Waals surface area contributed by atoms with Crippen LogP contribution in [0.25, 0.3) is 0 Å². The van der Waals surface area contributed by atoms with Crippen LogP contribution in [-0.4, -0.2) is 18.2 Å². The van der Waals surface area contributed by atoms with Crippen molar-refractivity contribution in [1.29, 1.82) is 0 Å². The van der Waals surface area contributed by atoms with Crippen LogP contribution in [0.1, 0.15) is 13.3 Å². The number of hydrogen-bond acceptors (Lipinski definition) is 2. The van der Waals surface area contributed by atoms with E-state index in [-0.39, 0.29) is 5.91 Å². The van der Waals surface area contributed by atoms with Gasteiger partial charge in [0, 0.05) is 28.6 Å². The predicted octanol–water partition coefficient (Wildman–Crippen LogP) is 3.19. The van der Waals surface area contributed by atoms with Gasteiger partial charge in [0.25, 0.3) is 0 Å². The van der Waals surface area contributed by atoms with E-state index in [1.807, 2.05) is 25.1 Å². The van der Waals surface area contributed by atoms with Crippen molar-refractivity contribution in [2.75, 3.05) is 17.2 Å². The first-order chi connectivity index (χ1) is 7.22. The zero-order valence-electron chi connectivity index (χ0n) is 8.50. The molecule has 1 aromatic carbocycles. The topological polar surface area (TPSA) is 20.3 Å². The molecule has 80 valence electrons. The maximum Gasteiger partial charge on any atom is 0.227 e. The third-order valence-electron chi connectivity index (χ3n) is 2.40. The number of thioether (sulfide) groups is 1. The van der Waals surface area contributed by atoms with E-state index >= 15 is 0 Å². The van der Waals surface area contributed by atoms with Crippen molar-refractivity contribution >= 4 is 35.0 Å². The molecule has 2 rings (SSSR count). The second-order valence-corrected chi connectivity index (χ2v) is 4.92. The number of rotatable bonds is 1. The summed E-state index contributed by atoms with van der Waals surface area (Å²) in [5.41, 5.74) is 0.956. The van der Waals surface area contributed by atoms with E-state index in [9.17, 15) is 4.79 Å². The van der Waals surface area contributed by atoms with Gasteiger partial charge in [-0.3, -0.25) is 4.79 Å². The summed E-state index contributed by atoms with van der Waals surface area (Å²) in [6.07, 6.45) is 0.602. The van der Waals surface area contributed by atoms with Crippen molar-refractivity contribution in [3.05, 3.63) is 23.2 Å². The Morgan fingerprint density at radius 1 is 1.53 bits per heavy atom. The molecule has 1 aliphatic heterocycles. The molecule has 1 aromatic rings. The SMILES string of the molecule is CCN1C(=O)CCSc2ccc(Cl)cc21. The molecule has 1 amide bonds. The van der Waals surface area contributed by atoms with Gasteiger partial charge in [0.2, 0.25) is 5.91 Å². The molecule has 2 nitrogen and oxygen atoms in total. The molecule has 0 saturated heterocycles. The Morgan fingerprint density at radius 3 is 3.07 bits per heavy atom. The molecule has 0 N–H and O–H groups in total. The summed E-state index contributed by atoms with van der Waals surface area (Å²) < 4.78 is 0. The first-order valence-electron chi connectivity index (χ1n) is 4.95. The maximum atomic E-state index is 11.8. The number of nitrogens with zero attached hydrogens (tertiary/aromatic N) is 1. The number of amides is 1. The highest BCUT2D eigenvalue weighted by Gasteiger charge is 2.21. The quantitative estimate of drug-likeness (QED) is 0.753. The van der Waals surface area contributed by atoms with Gasteiger partial charge in [-0.1, -0.05) is 11.6 Å². The average molecular weight is 242 g/mol. The number of carbonyl (C=O) groups is 1. The molecule has 0 aliphatic carbocycles. The third-order valence-corrected chi connectivity index (χ3v) is 3.70. The van der Waals surface area contributed by atoms with Gasteiger partial charge in [-0.15, -0.1) is 11.8 Å². The third kappa shape index (κ3) is 2.13. The van der Waals surface area contributed by atoms with Crippen molar-refractivity contribution in [3.8, 4) is 0 Å². The van der Waals surface area contributed by atoms with Crippen LogP contribution in [0.3, 0.4) is 0 Å². The van der Waals surface area contributed by atoms with Crippen LogP contribution < -0.4 is 4.90 Å². The molecule has 0 atom stereocenters. The van der Waals surface area contributed by atoms with Crippen LogP contribution in [0.15, 0.2) is 23.1 Å². The van der Waals surface area contributed by atoms with Crippen LogP contribution in [-0.2, 0) is 4.79 Å². The molecular formula is C11H12ClNOS. The minimum absolute atomic E-state index is 0.186. The summed E-state index contributed by atoms with van der Waals surface area (Å²) in [5, 5.41) is 0.683. The average Bonchev–Trinajstić information content (AvgIpc) is 2.36. The van der Waals surface area contributed by atoms with Crippen LogP contribution in [0.2, 0.25) is 5.02 Å². The van der Waals surface area contributed by atoms with Crippen molar-refractivity contribution in [2.24, 2.45) is 0 Å². The van der Waals surface area contributed by atoms with Gasteiger partial charge in [0.15, 0.2) is 0 Å². The van der Waals surface area contributed by atoms with E-state index in [2.05, 4.69) is 0 Å². The molecular weight excluding hydrogens is 230 g/mol. The molecule has 0 saturated carbocycles. The fourth-order valence-corrected chi connectivity index (χ4v) is 2.83. The number of anilines is 1. The summed E-state index contributed by atoms with van der Waals surface area (Å²) >= 11 is 7.67. The summed E-state index contributed by atoms with van der Waals surface area (Å²) in [7, 11) is 0. The monoisotopic (exact) mass is 241 g/mol. The molecule has 15 heavy (non-hydrogen) atoms. The van der Waals surface area contributed by atoms with Crippen LogP contribution >= 0.6 is 23.4 Å². The van der Waals surface area contributed by atoms with Crippen LogP contribution in [0.4, 0.5) is 5.69 Å². The highest BCUT2D eigenvalue weighted by Crippen LogP contribution is 2.35. The fourth-order valence-electron chi connectivity index (χ4n) is 1.69. The standard InChI is InChI=1S/C11H12ClNOS/c1-2-13-9-7-8(12)3-4-10(9)15-6-5-11(13)14/h3-4,7H,2,5-6H2,1H3. The first-order valence-corrected chi connectivity index (χ1v) is 6.31. The predicted molar refractivity (Wildman–Crippen MR) is 64.8 cm³/mol. The highest BCUT2D eigenvalue weighted by molar-refractivity contribution is 7.99. The Bertz CT molecular complexity index is 394. The Kier molecular flexibility index (Phi) is 3.22. The van der Waals surface area contributed by atoms with E-state index in [1.54, 1.807) is 16.7 Å². The smallest absolute Gasteiger partial charge is 0.227 e. The number of benzene rings is 1. The molecule has 0 bridgehead atoms. The van der Waals surface area contributed by atoms with Crippen molar-refractivity contribution in [2.45, 2.75) is 18.2 Å². The molecule has 1 aliphatic rings. The van der Waals surface area contributed by atoms with Gasteiger partial charge in [-0.2, -0.15) is 0 Å². The summed E-state index contributed by atoms with van der Waals surface area (Å²) in [5.74, 6) is 1.04. The van der Waals surface area contributed by atoms with E-state index in [0.717, 1.165) is 16.3 Å². The summed E-state index contributed by atoms with van der Waals surface area (Å²) in [6, 6.07) is 5.73. The highest BCUT2D eigenvalue weighted by atomic mass is 35.5. The fraction of sp³-hybridized carbons (Fsp3) is 0.364. The Balaban J connectivity index is 2.49. The van der Waals surface area contributed by atoms with Crippen LogP contribution in [0.5, 0.6) is 0 Å². The maximum absolute atomic E-state index is 11.8. The van der Waals surface area contributed by atoms with Gasteiger partial charge in [0.1, 0.15) is 0 Å². The molecule has 0 spiro atoms. The lowest BCUT2D eigenvalue weighted by Crippen LogP contribution is -2.29. The van der Waals surface area contributed by atoms with Crippen molar-refractivity contribution in [1.82, 2.24) is 0 Å². The summed E-state index contributed by atoms with van der Waals surface area (Å²) in [4.78, 5) is 14.7. The van der Waals surface area contributed by atoms with Gasteiger partial charge in [0.05, 0.1) is 5.69 Å². The largest absolute Gasteiger partial charge is 0.311 e. The Labute approximate surface area is 98.6 Å². The van der Waals surface area contributed by atoms with E-state index < -0.39 is 0 Å². The van der Waals surface area contributed by atoms with Gasteiger partial charge in [-0.05, 0) is 25.1 Å². The summed E-state index contributed by atoms with van der Waals surface area (Å²) in [6.45, 7) is 2.69. The Morgan fingerprint density at radius 2 is 2.33 bits per heavy atom. The van der Waals surface area contributed by atoms with E-state index in [4.69, 9.17) is 11.6 Å². The second-order valence-electron chi connectivity index (χ2n) is 3.35. The molecule has 0 fully saturated rings. The van der Waals surface area contributed by atoms with Gasteiger partial charge >= 0.3 is 0 Å².